The molecule has 3 N–H and O–H groups in total. The van der Waals surface area contributed by atoms with Crippen LogP contribution in [0.2, 0.25) is 0 Å². The maximum Gasteiger partial charge on any atom is 0.217 e. The van der Waals surface area contributed by atoms with Crippen molar-refractivity contribution in [1.82, 2.24) is 10.6 Å². The van der Waals surface area contributed by atoms with E-state index >= 15 is 0 Å². The Morgan fingerprint density at radius 1 is 1.16 bits per heavy atom. The zero-order chi connectivity index (χ0) is 23.3. The van der Waals surface area contributed by atoms with Crippen LogP contribution in [0.1, 0.15) is 43.7 Å². The molecule has 0 saturated heterocycles. The summed E-state index contributed by atoms with van der Waals surface area (Å²) in [4.78, 5) is 23.6. The second kappa shape index (κ2) is 10.6. The Hall–Kier alpha value is -2.16. The fourth-order valence-electron chi connectivity index (χ4n) is 4.28. The molecular weight excluding hydrogens is 482 g/mol. The second-order valence-electron chi connectivity index (χ2n) is 8.37. The predicted octanol–water partition coefficient (Wildman–Crippen LogP) is 3.76. The minimum atomic E-state index is -1.02. The molecule has 172 valence electrons. The van der Waals surface area contributed by atoms with Crippen LogP contribution in [0.5, 0.6) is 0 Å². The van der Waals surface area contributed by atoms with Crippen molar-refractivity contribution < 1.29 is 23.5 Å². The standard InChI is InChI=1S/C24H27BrF2N2O3/c1-15(30)29-22(11-16-9-19(26)13-20(27)10-16)23(32)14-28-24(7-5-21(31)6-8-24)17-3-2-4-18(25)12-17/h2-4,9-10,12-13,22-23,28,32H,5-8,11,14H2,1H3,(H,29,30)/t22?,23-/m1/s1. The summed E-state index contributed by atoms with van der Waals surface area (Å²) in [5, 5.41) is 17.0. The van der Waals surface area contributed by atoms with Crippen LogP contribution in [0.15, 0.2) is 46.9 Å². The first-order chi connectivity index (χ1) is 15.2. The Labute approximate surface area is 194 Å². The van der Waals surface area contributed by atoms with Crippen molar-refractivity contribution >= 4 is 27.6 Å². The van der Waals surface area contributed by atoms with E-state index in [4.69, 9.17) is 0 Å². The SMILES string of the molecule is CC(=O)NC(Cc1cc(F)cc(F)c1)[C@H](O)CNC1(c2cccc(Br)c2)CCC(=O)CC1. The Morgan fingerprint density at radius 2 is 1.81 bits per heavy atom. The van der Waals surface area contributed by atoms with Crippen molar-refractivity contribution in [2.45, 2.75) is 56.7 Å². The molecule has 2 aromatic rings. The maximum absolute atomic E-state index is 13.6. The number of rotatable bonds is 8. The van der Waals surface area contributed by atoms with E-state index in [-0.39, 0.29) is 24.7 Å². The molecule has 8 heteroatoms. The van der Waals surface area contributed by atoms with E-state index < -0.39 is 29.3 Å². The molecule has 0 radical (unpaired) electrons. The van der Waals surface area contributed by atoms with Gasteiger partial charge < -0.3 is 15.7 Å². The van der Waals surface area contributed by atoms with Crippen LogP contribution in [0.3, 0.4) is 0 Å². The number of Topliss-reactive ketones (excluding diaryl/α,β-unsaturated/α-hetero) is 1. The largest absolute Gasteiger partial charge is 0.390 e. The van der Waals surface area contributed by atoms with Crippen LogP contribution in [0.25, 0.3) is 0 Å². The minimum absolute atomic E-state index is 0.0689. The van der Waals surface area contributed by atoms with Gasteiger partial charge in [-0.05, 0) is 54.7 Å². The molecule has 1 aliphatic rings. The number of hydrogen-bond donors (Lipinski definition) is 3. The first-order valence-electron chi connectivity index (χ1n) is 10.6. The minimum Gasteiger partial charge on any atom is -0.390 e. The molecule has 2 atom stereocenters. The lowest BCUT2D eigenvalue weighted by atomic mass is 9.76. The summed E-state index contributed by atoms with van der Waals surface area (Å²) in [7, 11) is 0. The van der Waals surface area contributed by atoms with Gasteiger partial charge >= 0.3 is 0 Å². The van der Waals surface area contributed by atoms with Crippen molar-refractivity contribution in [3.8, 4) is 0 Å². The average Bonchev–Trinajstić information content (AvgIpc) is 2.72. The molecule has 0 aliphatic heterocycles. The van der Waals surface area contributed by atoms with E-state index in [1.807, 2.05) is 24.3 Å². The molecule has 1 unspecified atom stereocenters. The van der Waals surface area contributed by atoms with E-state index in [9.17, 15) is 23.5 Å². The molecule has 5 nitrogen and oxygen atoms in total. The summed E-state index contributed by atoms with van der Waals surface area (Å²) in [6.07, 6.45) is 1.11. The van der Waals surface area contributed by atoms with E-state index in [1.54, 1.807) is 0 Å². The molecule has 32 heavy (non-hydrogen) atoms. The van der Waals surface area contributed by atoms with Crippen LogP contribution in [-0.2, 0) is 21.5 Å². The molecule has 2 aromatic carbocycles. The third-order valence-electron chi connectivity index (χ3n) is 5.92. The van der Waals surface area contributed by atoms with Gasteiger partial charge in [-0.1, -0.05) is 28.1 Å². The van der Waals surface area contributed by atoms with Gasteiger partial charge in [-0.25, -0.2) is 8.78 Å². The predicted molar refractivity (Wildman–Crippen MR) is 121 cm³/mol. The first kappa shape index (κ1) is 24.5. The van der Waals surface area contributed by atoms with Gasteiger partial charge in [0.25, 0.3) is 0 Å². The van der Waals surface area contributed by atoms with Gasteiger partial charge in [0.05, 0.1) is 12.1 Å². The molecule has 1 fully saturated rings. The Kier molecular flexibility index (Phi) is 8.14. The number of nitrogens with one attached hydrogen (secondary N) is 2. The van der Waals surface area contributed by atoms with Crippen molar-refractivity contribution in [2.75, 3.05) is 6.54 Å². The Bertz CT molecular complexity index is 955. The third-order valence-corrected chi connectivity index (χ3v) is 6.41. The Morgan fingerprint density at radius 3 is 2.41 bits per heavy atom. The highest BCUT2D eigenvalue weighted by Gasteiger charge is 2.37. The molecule has 3 rings (SSSR count). The van der Waals surface area contributed by atoms with Gasteiger partial charge in [0.1, 0.15) is 17.4 Å². The topological polar surface area (TPSA) is 78.4 Å². The summed E-state index contributed by atoms with van der Waals surface area (Å²) in [5.41, 5.74) is 0.852. The number of aliphatic hydroxyl groups is 1. The molecular formula is C24H27BrF2N2O3. The lowest BCUT2D eigenvalue weighted by Gasteiger charge is -2.40. The van der Waals surface area contributed by atoms with E-state index in [1.165, 1.54) is 19.1 Å². The van der Waals surface area contributed by atoms with Crippen molar-refractivity contribution in [1.29, 1.82) is 0 Å². The number of carbonyl (C=O) groups excluding carboxylic acids is 2. The summed E-state index contributed by atoms with van der Waals surface area (Å²) >= 11 is 3.49. The third kappa shape index (κ3) is 6.43. The van der Waals surface area contributed by atoms with E-state index in [0.29, 0.717) is 31.2 Å². The number of carbonyl (C=O) groups is 2. The van der Waals surface area contributed by atoms with Gasteiger partial charge in [-0.2, -0.15) is 0 Å². The van der Waals surface area contributed by atoms with Crippen LogP contribution in [0, 0.1) is 11.6 Å². The van der Waals surface area contributed by atoms with Crippen LogP contribution < -0.4 is 10.6 Å². The highest BCUT2D eigenvalue weighted by atomic mass is 79.9. The van der Waals surface area contributed by atoms with Gasteiger partial charge in [-0.3, -0.25) is 9.59 Å². The quantitative estimate of drug-likeness (QED) is 0.507. The number of amides is 1. The molecule has 0 bridgehead atoms. The Balaban J connectivity index is 1.78. The smallest absolute Gasteiger partial charge is 0.217 e. The van der Waals surface area contributed by atoms with Crippen molar-refractivity contribution in [2.24, 2.45) is 0 Å². The van der Waals surface area contributed by atoms with Crippen molar-refractivity contribution in [3.05, 3.63) is 69.7 Å². The number of benzene rings is 2. The molecule has 0 aromatic heterocycles. The first-order valence-corrected chi connectivity index (χ1v) is 11.4. The molecule has 1 aliphatic carbocycles. The highest BCUT2D eigenvalue weighted by Crippen LogP contribution is 2.37. The van der Waals surface area contributed by atoms with Gasteiger partial charge in [-0.15, -0.1) is 0 Å². The zero-order valence-corrected chi connectivity index (χ0v) is 19.4. The maximum atomic E-state index is 13.6. The van der Waals surface area contributed by atoms with Gasteiger partial charge in [0, 0.05) is 42.4 Å². The molecule has 0 spiro atoms. The summed E-state index contributed by atoms with van der Waals surface area (Å²) in [5.74, 6) is -1.57. The molecule has 0 heterocycles. The van der Waals surface area contributed by atoms with E-state index in [0.717, 1.165) is 16.1 Å². The van der Waals surface area contributed by atoms with Crippen molar-refractivity contribution in [3.63, 3.8) is 0 Å². The highest BCUT2D eigenvalue weighted by molar-refractivity contribution is 9.10. The molecule has 1 amide bonds. The van der Waals surface area contributed by atoms with Crippen LogP contribution >= 0.6 is 15.9 Å². The summed E-state index contributed by atoms with van der Waals surface area (Å²) in [6, 6.07) is 10.2. The number of hydrogen-bond acceptors (Lipinski definition) is 4. The lowest BCUT2D eigenvalue weighted by molar-refractivity contribution is -0.122. The molecule has 1 saturated carbocycles. The summed E-state index contributed by atoms with van der Waals surface area (Å²) in [6.45, 7) is 1.46. The number of aliphatic hydroxyl groups excluding tert-OH is 1. The van der Waals surface area contributed by atoms with Crippen LogP contribution in [0.4, 0.5) is 8.78 Å². The normalized spacial score (nSPS) is 17.6. The monoisotopic (exact) mass is 508 g/mol. The number of halogens is 3. The van der Waals surface area contributed by atoms with Gasteiger partial charge in [0.15, 0.2) is 0 Å². The fourth-order valence-corrected chi connectivity index (χ4v) is 4.68. The number of ketones is 1. The average molecular weight is 509 g/mol. The second-order valence-corrected chi connectivity index (χ2v) is 9.28. The van der Waals surface area contributed by atoms with E-state index in [2.05, 4.69) is 26.6 Å². The zero-order valence-electron chi connectivity index (χ0n) is 17.8. The van der Waals surface area contributed by atoms with Gasteiger partial charge in [0.2, 0.25) is 5.91 Å². The summed E-state index contributed by atoms with van der Waals surface area (Å²) < 4.78 is 28.1. The fraction of sp³-hybridized carbons (Fsp3) is 0.417. The lowest BCUT2D eigenvalue weighted by Crippen LogP contribution is -2.53. The van der Waals surface area contributed by atoms with Crippen LogP contribution in [-0.4, -0.2) is 35.5 Å².